The van der Waals surface area contributed by atoms with E-state index in [2.05, 4.69) is 0 Å². The normalized spacial score (nSPS) is 20.3. The highest BCUT2D eigenvalue weighted by Crippen LogP contribution is 2.40. The van der Waals surface area contributed by atoms with Gasteiger partial charge in [-0.2, -0.15) is 0 Å². The SMILES string of the molecule is CC(C)(C)OC(=O)N1CCC2(CC1)C(=O)CC(=O)N2c1ccccc1. The Morgan fingerprint density at radius 2 is 1.68 bits per heavy atom. The summed E-state index contributed by atoms with van der Waals surface area (Å²) in [5, 5.41) is 0. The lowest BCUT2D eigenvalue weighted by Gasteiger charge is -2.43. The number of hydrogen-bond acceptors (Lipinski definition) is 4. The summed E-state index contributed by atoms with van der Waals surface area (Å²) in [5.74, 6) is -0.216. The highest BCUT2D eigenvalue weighted by molar-refractivity contribution is 6.19. The second-order valence-corrected chi connectivity index (χ2v) is 7.66. The summed E-state index contributed by atoms with van der Waals surface area (Å²) in [6.45, 7) is 6.28. The Labute approximate surface area is 147 Å². The molecule has 134 valence electrons. The number of ketones is 1. The van der Waals surface area contributed by atoms with Crippen molar-refractivity contribution in [1.29, 1.82) is 0 Å². The summed E-state index contributed by atoms with van der Waals surface area (Å²) in [6, 6.07) is 9.28. The van der Waals surface area contributed by atoms with E-state index in [1.807, 2.05) is 51.1 Å². The molecule has 2 fully saturated rings. The monoisotopic (exact) mass is 344 g/mol. The molecule has 0 aromatic heterocycles. The molecule has 2 aliphatic heterocycles. The Bertz CT molecular complexity index is 685. The molecule has 0 bridgehead atoms. The predicted molar refractivity (Wildman–Crippen MR) is 93.3 cm³/mol. The molecule has 0 saturated carbocycles. The van der Waals surface area contributed by atoms with Gasteiger partial charge in [0.15, 0.2) is 5.78 Å². The second-order valence-electron chi connectivity index (χ2n) is 7.66. The molecule has 0 atom stereocenters. The van der Waals surface area contributed by atoms with Crippen LogP contribution in [0.2, 0.25) is 0 Å². The van der Waals surface area contributed by atoms with Gasteiger partial charge in [-0.1, -0.05) is 18.2 Å². The van der Waals surface area contributed by atoms with Crippen molar-refractivity contribution in [2.75, 3.05) is 18.0 Å². The number of amides is 2. The zero-order chi connectivity index (χ0) is 18.2. The molecule has 2 amide bonds. The van der Waals surface area contributed by atoms with Crippen molar-refractivity contribution in [2.24, 2.45) is 0 Å². The van der Waals surface area contributed by atoms with Gasteiger partial charge < -0.3 is 9.64 Å². The van der Waals surface area contributed by atoms with Crippen LogP contribution in [0.25, 0.3) is 0 Å². The molecule has 1 aromatic rings. The van der Waals surface area contributed by atoms with Gasteiger partial charge in [-0.15, -0.1) is 0 Å². The van der Waals surface area contributed by atoms with Gasteiger partial charge in [0.25, 0.3) is 0 Å². The minimum atomic E-state index is -0.836. The fourth-order valence-electron chi connectivity index (χ4n) is 3.60. The van der Waals surface area contributed by atoms with Gasteiger partial charge in [-0.05, 0) is 45.7 Å². The highest BCUT2D eigenvalue weighted by atomic mass is 16.6. The van der Waals surface area contributed by atoms with Crippen LogP contribution in [-0.2, 0) is 14.3 Å². The Balaban J connectivity index is 1.79. The van der Waals surface area contributed by atoms with E-state index in [1.165, 1.54) is 0 Å². The molecule has 0 unspecified atom stereocenters. The van der Waals surface area contributed by atoms with E-state index in [4.69, 9.17) is 4.74 Å². The first kappa shape index (κ1) is 17.5. The van der Waals surface area contributed by atoms with E-state index in [0.717, 1.165) is 5.69 Å². The molecule has 6 nitrogen and oxygen atoms in total. The van der Waals surface area contributed by atoms with Crippen LogP contribution in [0.1, 0.15) is 40.0 Å². The molecular formula is C19H24N2O4. The van der Waals surface area contributed by atoms with Crippen molar-refractivity contribution < 1.29 is 19.1 Å². The molecule has 3 rings (SSSR count). The minimum absolute atomic E-state index is 0.0507. The van der Waals surface area contributed by atoms with Crippen LogP contribution in [0.15, 0.2) is 30.3 Å². The third kappa shape index (κ3) is 3.25. The van der Waals surface area contributed by atoms with Crippen LogP contribution >= 0.6 is 0 Å². The molecule has 2 saturated heterocycles. The molecule has 6 heteroatoms. The standard InChI is InChI=1S/C19H24N2O4/c1-18(2,3)25-17(24)20-11-9-19(10-12-20)15(22)13-16(23)21(19)14-7-5-4-6-8-14/h4-8H,9-13H2,1-3H3. The number of rotatable bonds is 1. The van der Waals surface area contributed by atoms with E-state index < -0.39 is 11.1 Å². The Kier molecular flexibility index (Phi) is 4.31. The molecule has 2 aliphatic rings. The largest absolute Gasteiger partial charge is 0.444 e. The molecule has 0 aliphatic carbocycles. The maximum Gasteiger partial charge on any atom is 0.410 e. The maximum atomic E-state index is 12.7. The lowest BCUT2D eigenvalue weighted by atomic mass is 9.83. The van der Waals surface area contributed by atoms with Gasteiger partial charge in [-0.25, -0.2) is 4.79 Å². The van der Waals surface area contributed by atoms with Crippen LogP contribution in [0, 0.1) is 0 Å². The van der Waals surface area contributed by atoms with E-state index in [0.29, 0.717) is 25.9 Å². The summed E-state index contributed by atoms with van der Waals surface area (Å²) < 4.78 is 5.41. The topological polar surface area (TPSA) is 66.9 Å². The zero-order valence-electron chi connectivity index (χ0n) is 14.9. The second kappa shape index (κ2) is 6.17. The molecule has 1 aromatic carbocycles. The number of ether oxygens (including phenoxy) is 1. The van der Waals surface area contributed by atoms with E-state index in [9.17, 15) is 14.4 Å². The minimum Gasteiger partial charge on any atom is -0.444 e. The quantitative estimate of drug-likeness (QED) is 0.735. The fraction of sp³-hybridized carbons (Fsp3) is 0.526. The van der Waals surface area contributed by atoms with Crippen molar-refractivity contribution in [3.63, 3.8) is 0 Å². The molecule has 1 spiro atoms. The predicted octanol–water partition coefficient (Wildman–Crippen LogP) is 2.76. The number of para-hydroxylation sites is 1. The Hall–Kier alpha value is -2.37. The molecule has 0 radical (unpaired) electrons. The van der Waals surface area contributed by atoms with Crippen LogP contribution in [0.4, 0.5) is 10.5 Å². The summed E-state index contributed by atoms with van der Waals surface area (Å²) in [7, 11) is 0. The van der Waals surface area contributed by atoms with Crippen LogP contribution in [0.3, 0.4) is 0 Å². The number of benzene rings is 1. The first-order valence-corrected chi connectivity index (χ1v) is 8.62. The summed E-state index contributed by atoms with van der Waals surface area (Å²) in [4.78, 5) is 40.6. The molecule has 25 heavy (non-hydrogen) atoms. The number of carbonyl (C=O) groups is 3. The molecule has 2 heterocycles. The van der Waals surface area contributed by atoms with Gasteiger partial charge in [0.1, 0.15) is 11.1 Å². The average Bonchev–Trinajstić information content (AvgIpc) is 2.77. The number of likely N-dealkylation sites (tertiary alicyclic amines) is 1. The maximum absolute atomic E-state index is 12.7. The number of carbonyl (C=O) groups excluding carboxylic acids is 3. The number of nitrogens with zero attached hydrogens (tertiary/aromatic N) is 2. The van der Waals surface area contributed by atoms with Crippen LogP contribution in [-0.4, -0.2) is 46.9 Å². The van der Waals surface area contributed by atoms with E-state index in [-0.39, 0.29) is 24.2 Å². The third-order valence-electron chi connectivity index (χ3n) is 4.76. The van der Waals surface area contributed by atoms with Gasteiger partial charge in [0.05, 0.1) is 6.42 Å². The van der Waals surface area contributed by atoms with Crippen LogP contribution in [0.5, 0.6) is 0 Å². The first-order valence-electron chi connectivity index (χ1n) is 8.62. The van der Waals surface area contributed by atoms with E-state index in [1.54, 1.807) is 9.80 Å². The van der Waals surface area contributed by atoms with Crippen molar-refractivity contribution in [2.45, 2.75) is 51.2 Å². The van der Waals surface area contributed by atoms with Crippen molar-refractivity contribution in [3.8, 4) is 0 Å². The van der Waals surface area contributed by atoms with Gasteiger partial charge in [0, 0.05) is 18.8 Å². The Morgan fingerprint density at radius 3 is 2.24 bits per heavy atom. The van der Waals surface area contributed by atoms with Gasteiger partial charge >= 0.3 is 6.09 Å². The lowest BCUT2D eigenvalue weighted by Crippen LogP contribution is -2.57. The fourth-order valence-corrected chi connectivity index (χ4v) is 3.60. The number of anilines is 1. The molecular weight excluding hydrogens is 320 g/mol. The smallest absolute Gasteiger partial charge is 0.410 e. The zero-order valence-corrected chi connectivity index (χ0v) is 14.9. The van der Waals surface area contributed by atoms with Gasteiger partial charge in [-0.3, -0.25) is 14.5 Å². The van der Waals surface area contributed by atoms with Crippen molar-refractivity contribution >= 4 is 23.5 Å². The third-order valence-corrected chi connectivity index (χ3v) is 4.76. The van der Waals surface area contributed by atoms with Crippen LogP contribution < -0.4 is 4.90 Å². The number of hydrogen-bond donors (Lipinski definition) is 0. The summed E-state index contributed by atoms with van der Waals surface area (Å²) in [5.41, 5.74) is -0.651. The number of piperidine rings is 1. The first-order chi connectivity index (χ1) is 11.7. The summed E-state index contributed by atoms with van der Waals surface area (Å²) >= 11 is 0. The van der Waals surface area contributed by atoms with Crippen molar-refractivity contribution in [3.05, 3.63) is 30.3 Å². The highest BCUT2D eigenvalue weighted by Gasteiger charge is 2.54. The Morgan fingerprint density at radius 1 is 1.08 bits per heavy atom. The summed E-state index contributed by atoms with van der Waals surface area (Å²) in [6.07, 6.45) is 0.434. The van der Waals surface area contributed by atoms with Crippen molar-refractivity contribution in [1.82, 2.24) is 4.90 Å². The van der Waals surface area contributed by atoms with Gasteiger partial charge in [0.2, 0.25) is 5.91 Å². The number of Topliss-reactive ketones (excluding diaryl/α,β-unsaturated/α-hetero) is 1. The van der Waals surface area contributed by atoms with E-state index >= 15 is 0 Å². The lowest BCUT2D eigenvalue weighted by molar-refractivity contribution is -0.124. The molecule has 0 N–H and O–H groups in total. The average molecular weight is 344 g/mol.